The molecule has 22 aromatic rings. The monoisotopic (exact) mass is 1340 g/mol. The van der Waals surface area contributed by atoms with Crippen LogP contribution >= 0.6 is 22.7 Å². The Kier molecular flexibility index (Phi) is 13.1. The second kappa shape index (κ2) is 23.2. The number of hydrogen-bond acceptors (Lipinski definition) is 8. The van der Waals surface area contributed by atoms with Crippen molar-refractivity contribution < 1.29 is 0 Å². The van der Waals surface area contributed by atoms with E-state index in [1.165, 1.54) is 72.9 Å². The number of fused-ring (bicyclic) bond motifs is 18. The number of benzene rings is 14. The fraction of sp³-hybridized carbons (Fsp3) is 0. The van der Waals surface area contributed by atoms with Gasteiger partial charge in [-0.3, -0.25) is 9.13 Å². The van der Waals surface area contributed by atoms with Gasteiger partial charge in [0.05, 0.1) is 44.1 Å². The van der Waals surface area contributed by atoms with Crippen LogP contribution in [0.5, 0.6) is 0 Å². The molecule has 0 aliphatic carbocycles. The van der Waals surface area contributed by atoms with Gasteiger partial charge < -0.3 is 9.13 Å². The van der Waals surface area contributed by atoms with E-state index in [2.05, 4.69) is 309 Å². The van der Waals surface area contributed by atoms with Crippen LogP contribution in [-0.2, 0) is 0 Å². The van der Waals surface area contributed by atoms with E-state index < -0.39 is 0 Å². The van der Waals surface area contributed by atoms with Crippen LogP contribution in [0.25, 0.3) is 196 Å². The number of hydrogen-bond donors (Lipinski definition) is 0. The van der Waals surface area contributed by atoms with Crippen LogP contribution < -0.4 is 0 Å². The Morgan fingerprint density at radius 1 is 0.196 bits per heavy atom. The molecule has 0 fully saturated rings. The molecule has 14 aromatic carbocycles. The summed E-state index contributed by atoms with van der Waals surface area (Å²) in [4.78, 5) is 31.4. The molecule has 0 radical (unpaired) electrons. The number of para-hydroxylation sites is 6. The van der Waals surface area contributed by atoms with Gasteiger partial charge in [-0.2, -0.15) is 19.9 Å². The summed E-state index contributed by atoms with van der Waals surface area (Å²) in [5, 5.41) is 14.3. The second-order valence-corrected chi connectivity index (χ2v) is 27.9. The van der Waals surface area contributed by atoms with Crippen molar-refractivity contribution in [2.45, 2.75) is 0 Å². The van der Waals surface area contributed by atoms with E-state index >= 15 is 0 Å². The first-order valence-electron chi connectivity index (χ1n) is 34.1. The highest BCUT2D eigenvalue weighted by Crippen LogP contribution is 2.45. The summed E-state index contributed by atoms with van der Waals surface area (Å²) in [6.07, 6.45) is 0. The quantitative estimate of drug-likeness (QED) is 0.150. The number of aromatic nitrogens is 10. The van der Waals surface area contributed by atoms with Crippen molar-refractivity contribution in [3.05, 3.63) is 328 Å². The summed E-state index contributed by atoms with van der Waals surface area (Å²) in [6.45, 7) is 0. The fourth-order valence-corrected chi connectivity index (χ4v) is 17.7. The van der Waals surface area contributed by atoms with Gasteiger partial charge in [0.25, 0.3) is 0 Å². The first kappa shape index (κ1) is 57.8. The Balaban J connectivity index is 0.000000133. The Bertz CT molecular complexity index is 7130. The summed E-state index contributed by atoms with van der Waals surface area (Å²) in [6, 6.07) is 116. The van der Waals surface area contributed by atoms with Crippen molar-refractivity contribution >= 4 is 150 Å². The third-order valence-electron chi connectivity index (χ3n) is 20.0. The normalized spacial score (nSPS) is 11.9. The number of rotatable bonds is 8. The molecule has 0 atom stereocenters. The zero-order valence-corrected chi connectivity index (χ0v) is 56.1. The molecule has 0 spiro atoms. The van der Waals surface area contributed by atoms with Crippen LogP contribution in [-0.4, -0.2) is 48.2 Å². The minimum atomic E-state index is 0.585. The predicted octanol–water partition coefficient (Wildman–Crippen LogP) is 23.5. The molecule has 0 bridgehead atoms. The third kappa shape index (κ3) is 9.17. The van der Waals surface area contributed by atoms with E-state index in [-0.39, 0.29) is 0 Å². The topological polar surface area (TPSA) is 97.1 Å². The minimum absolute atomic E-state index is 0.585. The first-order chi connectivity index (χ1) is 50.6. The van der Waals surface area contributed by atoms with Crippen LogP contribution in [0.2, 0.25) is 0 Å². The van der Waals surface area contributed by atoms with E-state index in [1.54, 1.807) is 11.3 Å². The molecule has 0 saturated heterocycles. The van der Waals surface area contributed by atoms with Crippen molar-refractivity contribution in [2.75, 3.05) is 0 Å². The Labute approximate surface area is 590 Å². The Morgan fingerprint density at radius 3 is 1.05 bits per heavy atom. The summed E-state index contributed by atoms with van der Waals surface area (Å²) in [5.41, 5.74) is 14.9. The highest BCUT2D eigenvalue weighted by molar-refractivity contribution is 7.26. The van der Waals surface area contributed by atoms with Crippen molar-refractivity contribution in [2.24, 2.45) is 0 Å². The van der Waals surface area contributed by atoms with E-state index in [9.17, 15) is 0 Å². The average Bonchev–Trinajstić information content (AvgIpc) is 1.56. The lowest BCUT2D eigenvalue weighted by atomic mass is 10.1. The smallest absolute Gasteiger partial charge is 0.238 e. The van der Waals surface area contributed by atoms with Gasteiger partial charge in [0.15, 0.2) is 23.3 Å². The summed E-state index contributed by atoms with van der Waals surface area (Å²) >= 11 is 3.61. The molecule has 22 rings (SSSR count). The molecular formula is C90H54N10S2. The highest BCUT2D eigenvalue weighted by Gasteiger charge is 2.25. The van der Waals surface area contributed by atoms with Gasteiger partial charge in [-0.25, -0.2) is 9.97 Å². The minimum Gasteiger partial charge on any atom is -0.309 e. The maximum atomic E-state index is 5.35. The maximum absolute atomic E-state index is 5.35. The van der Waals surface area contributed by atoms with Gasteiger partial charge in [0, 0.05) is 117 Å². The van der Waals surface area contributed by atoms with Crippen LogP contribution in [0.15, 0.2) is 328 Å². The third-order valence-corrected chi connectivity index (χ3v) is 22.2. The van der Waals surface area contributed by atoms with Crippen LogP contribution in [0, 0.1) is 0 Å². The second-order valence-electron chi connectivity index (χ2n) is 25.7. The fourth-order valence-electron chi connectivity index (χ4n) is 15.4. The molecular weight excluding hydrogens is 1290 g/mol. The summed E-state index contributed by atoms with van der Waals surface area (Å²) in [5.74, 6) is 3.74. The summed E-state index contributed by atoms with van der Waals surface area (Å²) < 4.78 is 14.1. The predicted molar refractivity (Wildman–Crippen MR) is 425 cm³/mol. The largest absolute Gasteiger partial charge is 0.309 e. The maximum Gasteiger partial charge on any atom is 0.238 e. The summed E-state index contributed by atoms with van der Waals surface area (Å²) in [7, 11) is 0. The lowest BCUT2D eigenvalue weighted by molar-refractivity contribution is 0.953. The van der Waals surface area contributed by atoms with Gasteiger partial charge >= 0.3 is 0 Å². The van der Waals surface area contributed by atoms with E-state index in [4.69, 9.17) is 29.9 Å². The average molecular weight is 1340 g/mol. The molecule has 10 nitrogen and oxygen atoms in total. The molecule has 476 valence electrons. The molecule has 102 heavy (non-hydrogen) atoms. The van der Waals surface area contributed by atoms with Gasteiger partial charge in [-0.15, -0.1) is 22.7 Å². The van der Waals surface area contributed by atoms with Crippen molar-refractivity contribution in [1.82, 2.24) is 48.2 Å². The van der Waals surface area contributed by atoms with Crippen LogP contribution in [0.3, 0.4) is 0 Å². The van der Waals surface area contributed by atoms with Crippen molar-refractivity contribution in [3.8, 4) is 68.8 Å². The van der Waals surface area contributed by atoms with Gasteiger partial charge in [-0.1, -0.05) is 218 Å². The molecule has 0 unspecified atom stereocenters. The van der Waals surface area contributed by atoms with Gasteiger partial charge in [0.2, 0.25) is 11.9 Å². The molecule has 8 heterocycles. The van der Waals surface area contributed by atoms with E-state index in [1.807, 2.05) is 47.7 Å². The molecule has 12 heteroatoms. The molecule has 8 aromatic heterocycles. The van der Waals surface area contributed by atoms with Crippen molar-refractivity contribution in [1.29, 1.82) is 0 Å². The Morgan fingerprint density at radius 2 is 0.549 bits per heavy atom. The lowest BCUT2D eigenvalue weighted by Gasteiger charge is -2.12. The molecule has 0 saturated carbocycles. The zero-order chi connectivity index (χ0) is 66.9. The standard InChI is InChI=1S/2C45H27N5S/c1-3-14-28(15-4-1)43-46-44(33-21-13-25-41-42(33)32-20-9-12-24-40(32)51-41)48-45(47-43)50-37-23-11-8-19-31(37)35-26-34-30-18-7-10-22-36(30)49(38(34)27-39(35)50)29-16-5-2-6-17-29;1-3-13-28(14-4-1)43-46-44(29-23-24-42-36(25-29)33-19-9-12-22-41(33)51-42)48-45(47-43)50-38-21-11-8-18-32(38)35-26-34-31-17-7-10-20-37(31)49(39(34)27-40(35)50)30-15-5-2-6-16-30/h2*1-27H. The first-order valence-corrected chi connectivity index (χ1v) is 35.7. The molecule has 0 aliphatic rings. The number of nitrogens with zero attached hydrogens (tertiary/aromatic N) is 10. The number of thiophene rings is 2. The van der Waals surface area contributed by atoms with Crippen molar-refractivity contribution in [3.63, 3.8) is 0 Å². The van der Waals surface area contributed by atoms with Gasteiger partial charge in [-0.05, 0) is 109 Å². The highest BCUT2D eigenvalue weighted by atomic mass is 32.1. The Hall–Kier alpha value is -13.3. The molecule has 0 aliphatic heterocycles. The lowest BCUT2D eigenvalue weighted by Crippen LogP contribution is -2.06. The van der Waals surface area contributed by atoms with E-state index in [0.29, 0.717) is 35.2 Å². The molecule has 0 N–H and O–H groups in total. The SMILES string of the molecule is c1ccc(-c2nc(-c3ccc4sc5ccccc5c4c3)nc(-n3c4ccccc4c4cc5c6ccccc6n(-c6ccccc6)c5cc43)n2)cc1.c1ccc(-c2nc(-c3cccc4sc5ccccc5c34)nc(-n3c4ccccc4c4cc5c6ccccc6n(-c6ccccc6)c5cc43)n2)cc1. The van der Waals surface area contributed by atoms with E-state index in [0.717, 1.165) is 88.3 Å². The van der Waals surface area contributed by atoms with Crippen LogP contribution in [0.1, 0.15) is 0 Å². The molecule has 0 amide bonds. The van der Waals surface area contributed by atoms with Crippen LogP contribution in [0.4, 0.5) is 0 Å². The zero-order valence-electron chi connectivity index (χ0n) is 54.5. The van der Waals surface area contributed by atoms with Gasteiger partial charge in [0.1, 0.15) is 0 Å².